The average molecular weight is 469 g/mol. The van der Waals surface area contributed by atoms with Crippen molar-refractivity contribution in [2.24, 2.45) is 0 Å². The van der Waals surface area contributed by atoms with E-state index in [1.54, 1.807) is 30.5 Å². The molecule has 152 valence electrons. The monoisotopic (exact) mass is 468 g/mol. The third-order valence-corrected chi connectivity index (χ3v) is 4.74. The highest BCUT2D eigenvalue weighted by atomic mass is 79.9. The van der Waals surface area contributed by atoms with Crippen LogP contribution in [0.1, 0.15) is 11.3 Å². The molecule has 4 rings (SSSR count). The second-order valence-corrected chi connectivity index (χ2v) is 7.47. The Hall–Kier alpha value is -3.46. The molecule has 0 aliphatic carbocycles. The lowest BCUT2D eigenvalue weighted by molar-refractivity contribution is -0.122. The molecule has 8 nitrogen and oxygen atoms in total. The summed E-state index contributed by atoms with van der Waals surface area (Å²) in [5, 5.41) is 11.6. The Morgan fingerprint density at radius 1 is 1.17 bits per heavy atom. The van der Waals surface area contributed by atoms with Crippen molar-refractivity contribution >= 4 is 32.8 Å². The van der Waals surface area contributed by atoms with E-state index >= 15 is 0 Å². The molecule has 0 unspecified atom stereocenters. The summed E-state index contributed by atoms with van der Waals surface area (Å²) in [7, 11) is 0. The zero-order valence-corrected chi connectivity index (χ0v) is 17.3. The Balaban J connectivity index is 1.30. The Morgan fingerprint density at radius 2 is 2.03 bits per heavy atom. The van der Waals surface area contributed by atoms with Crippen LogP contribution in [0.5, 0.6) is 5.75 Å². The molecule has 9 heteroatoms. The van der Waals surface area contributed by atoms with Crippen LogP contribution in [-0.4, -0.2) is 20.9 Å². The van der Waals surface area contributed by atoms with Crippen molar-refractivity contribution in [2.75, 3.05) is 0 Å². The van der Waals surface area contributed by atoms with Crippen molar-refractivity contribution in [2.45, 2.75) is 19.7 Å². The van der Waals surface area contributed by atoms with Crippen LogP contribution in [0.4, 0.5) is 0 Å². The summed E-state index contributed by atoms with van der Waals surface area (Å²) in [6, 6.07) is 16.0. The van der Waals surface area contributed by atoms with Gasteiger partial charge in [-0.15, -0.1) is 5.10 Å². The van der Waals surface area contributed by atoms with E-state index in [-0.39, 0.29) is 19.1 Å². The van der Waals surface area contributed by atoms with Gasteiger partial charge < -0.3 is 14.5 Å². The third-order valence-electron chi connectivity index (χ3n) is 4.25. The van der Waals surface area contributed by atoms with Gasteiger partial charge >= 0.3 is 5.63 Å². The fourth-order valence-corrected chi connectivity index (χ4v) is 3.27. The number of carbonyl (C=O) groups is 1. The minimum atomic E-state index is -0.416. The minimum absolute atomic E-state index is 0.0577. The highest BCUT2D eigenvalue weighted by Crippen LogP contribution is 2.20. The lowest BCUT2D eigenvalue weighted by Gasteiger charge is -2.06. The molecule has 1 amide bonds. The lowest BCUT2D eigenvalue weighted by Crippen LogP contribution is -2.27. The van der Waals surface area contributed by atoms with Crippen LogP contribution in [0.25, 0.3) is 11.0 Å². The summed E-state index contributed by atoms with van der Waals surface area (Å²) < 4.78 is 13.3. The van der Waals surface area contributed by atoms with E-state index in [0.717, 1.165) is 15.4 Å². The summed E-state index contributed by atoms with van der Waals surface area (Å²) in [5.74, 6) is 0.370. The molecule has 2 heterocycles. The van der Waals surface area contributed by atoms with Crippen molar-refractivity contribution in [1.29, 1.82) is 0 Å². The Labute approximate surface area is 179 Å². The highest BCUT2D eigenvalue weighted by molar-refractivity contribution is 9.10. The number of nitrogens with one attached hydrogen (secondary N) is 1. The van der Waals surface area contributed by atoms with Gasteiger partial charge in [-0.05, 0) is 35.9 Å². The van der Waals surface area contributed by atoms with Crippen molar-refractivity contribution in [1.82, 2.24) is 20.3 Å². The maximum Gasteiger partial charge on any atom is 0.336 e. The first-order valence-corrected chi connectivity index (χ1v) is 9.91. The number of benzene rings is 2. The van der Waals surface area contributed by atoms with Gasteiger partial charge in [0.05, 0.1) is 6.20 Å². The van der Waals surface area contributed by atoms with Gasteiger partial charge in [0.15, 0.2) is 0 Å². The number of hydrogen-bond donors (Lipinski definition) is 1. The van der Waals surface area contributed by atoms with Crippen molar-refractivity contribution in [3.8, 4) is 5.75 Å². The van der Waals surface area contributed by atoms with Crippen LogP contribution in [0.2, 0.25) is 0 Å². The molecule has 0 radical (unpaired) electrons. The maximum atomic E-state index is 12.1. The van der Waals surface area contributed by atoms with E-state index in [4.69, 9.17) is 9.15 Å². The lowest BCUT2D eigenvalue weighted by atomic mass is 10.2. The van der Waals surface area contributed by atoms with E-state index < -0.39 is 5.63 Å². The number of rotatable bonds is 7. The second kappa shape index (κ2) is 8.91. The van der Waals surface area contributed by atoms with Gasteiger partial charge in [0.2, 0.25) is 5.91 Å². The van der Waals surface area contributed by atoms with E-state index in [1.807, 2.05) is 24.3 Å². The molecule has 0 saturated carbocycles. The summed E-state index contributed by atoms with van der Waals surface area (Å²) in [6.45, 7) is 0.658. The standard InChI is InChI=1S/C21H17BrN4O4/c22-16-3-1-2-14(8-16)10-23-20(27)12-26-11-17(24-25-26)13-29-18-6-4-15-5-7-21(28)30-19(15)9-18/h1-9,11H,10,12-13H2,(H,23,27). The van der Waals surface area contributed by atoms with Gasteiger partial charge in [0, 0.05) is 28.5 Å². The molecule has 0 atom stereocenters. The van der Waals surface area contributed by atoms with Crippen molar-refractivity contribution in [3.05, 3.63) is 86.9 Å². The first-order valence-electron chi connectivity index (χ1n) is 9.12. The van der Waals surface area contributed by atoms with Gasteiger partial charge in [-0.2, -0.15) is 0 Å². The first kappa shape index (κ1) is 19.8. The van der Waals surface area contributed by atoms with E-state index in [9.17, 15) is 9.59 Å². The number of hydrogen-bond acceptors (Lipinski definition) is 6. The number of amides is 1. The summed E-state index contributed by atoms with van der Waals surface area (Å²) in [4.78, 5) is 23.5. The predicted octanol–water partition coefficient (Wildman–Crippen LogP) is 3.04. The highest BCUT2D eigenvalue weighted by Gasteiger charge is 2.08. The molecule has 0 fully saturated rings. The SMILES string of the molecule is O=C(Cn1cc(COc2ccc3ccc(=O)oc3c2)nn1)NCc1cccc(Br)c1. The molecule has 0 aliphatic heterocycles. The molecule has 0 bridgehead atoms. The van der Waals surface area contributed by atoms with Gasteiger partial charge in [-0.3, -0.25) is 4.79 Å². The van der Waals surface area contributed by atoms with Crippen LogP contribution >= 0.6 is 15.9 Å². The summed E-state index contributed by atoms with van der Waals surface area (Å²) in [6.07, 6.45) is 1.65. The van der Waals surface area contributed by atoms with Gasteiger partial charge in [-0.1, -0.05) is 33.3 Å². The molecular weight excluding hydrogens is 452 g/mol. The normalized spacial score (nSPS) is 10.8. The molecule has 0 aliphatic rings. The maximum absolute atomic E-state index is 12.1. The van der Waals surface area contributed by atoms with Crippen LogP contribution in [0.15, 0.2) is 74.5 Å². The number of fused-ring (bicyclic) bond motifs is 1. The molecular formula is C21H17BrN4O4. The Kier molecular flexibility index (Phi) is 5.89. The Morgan fingerprint density at radius 3 is 2.90 bits per heavy atom. The molecule has 2 aromatic heterocycles. The zero-order valence-electron chi connectivity index (χ0n) is 15.7. The average Bonchev–Trinajstić information content (AvgIpc) is 3.17. The number of carbonyl (C=O) groups excluding carboxylic acids is 1. The molecule has 2 aromatic carbocycles. The fourth-order valence-electron chi connectivity index (χ4n) is 2.82. The van der Waals surface area contributed by atoms with Crippen molar-refractivity contribution < 1.29 is 13.9 Å². The third kappa shape index (κ3) is 5.12. The molecule has 1 N–H and O–H groups in total. The zero-order chi connectivity index (χ0) is 20.9. The number of halogens is 1. The van der Waals surface area contributed by atoms with Crippen molar-refractivity contribution in [3.63, 3.8) is 0 Å². The quantitative estimate of drug-likeness (QED) is 0.418. The van der Waals surface area contributed by atoms with Crippen LogP contribution < -0.4 is 15.7 Å². The molecule has 4 aromatic rings. The van der Waals surface area contributed by atoms with Crippen LogP contribution in [0.3, 0.4) is 0 Å². The van der Waals surface area contributed by atoms with Crippen LogP contribution in [0, 0.1) is 0 Å². The molecule has 0 saturated heterocycles. The van der Waals surface area contributed by atoms with Gasteiger partial charge in [-0.25, -0.2) is 9.48 Å². The van der Waals surface area contributed by atoms with Gasteiger partial charge in [0.1, 0.15) is 30.2 Å². The molecule has 0 spiro atoms. The molecule has 30 heavy (non-hydrogen) atoms. The van der Waals surface area contributed by atoms with E-state index in [1.165, 1.54) is 10.7 Å². The van der Waals surface area contributed by atoms with E-state index in [2.05, 4.69) is 31.6 Å². The fraction of sp³-hybridized carbons (Fsp3) is 0.143. The smallest absolute Gasteiger partial charge is 0.336 e. The minimum Gasteiger partial charge on any atom is -0.487 e. The summed E-state index contributed by atoms with van der Waals surface area (Å²) in [5.41, 5.74) is 1.60. The number of nitrogens with zero attached hydrogens (tertiary/aromatic N) is 3. The summed E-state index contributed by atoms with van der Waals surface area (Å²) >= 11 is 3.41. The van der Waals surface area contributed by atoms with Gasteiger partial charge in [0.25, 0.3) is 0 Å². The Bertz CT molecular complexity index is 1250. The number of ether oxygens (including phenoxy) is 1. The predicted molar refractivity (Wildman–Crippen MR) is 113 cm³/mol. The van der Waals surface area contributed by atoms with E-state index in [0.29, 0.717) is 23.6 Å². The topological polar surface area (TPSA) is 99.2 Å². The van der Waals surface area contributed by atoms with Crippen LogP contribution in [-0.2, 0) is 24.5 Å². The second-order valence-electron chi connectivity index (χ2n) is 6.56. The first-order chi connectivity index (χ1) is 14.5. The number of aromatic nitrogens is 3. The largest absolute Gasteiger partial charge is 0.487 e.